The zero-order valence-electron chi connectivity index (χ0n) is 26.1. The third kappa shape index (κ3) is 7.99. The van der Waals surface area contributed by atoms with E-state index >= 15 is 0 Å². The van der Waals surface area contributed by atoms with Gasteiger partial charge >= 0.3 is 5.97 Å². The Labute approximate surface area is 287 Å². The van der Waals surface area contributed by atoms with Crippen LogP contribution in [0, 0.1) is 0 Å². The Morgan fingerprint density at radius 2 is 1.77 bits per heavy atom. The number of likely N-dealkylation sites (tertiary alicyclic amines) is 1. The van der Waals surface area contributed by atoms with E-state index in [4.69, 9.17) is 37.4 Å². The molecule has 0 bridgehead atoms. The maximum absolute atomic E-state index is 13.3. The van der Waals surface area contributed by atoms with Gasteiger partial charge in [0.05, 0.1) is 25.1 Å². The smallest absolute Gasteiger partial charge is 0.327 e. The number of carboxylic acid groups (broad SMARTS) is 1. The predicted octanol–water partition coefficient (Wildman–Crippen LogP) is 4.41. The van der Waals surface area contributed by atoms with Crippen molar-refractivity contribution in [3.05, 3.63) is 109 Å². The Bertz CT molecular complexity index is 1710. The first-order valence-electron chi connectivity index (χ1n) is 14.9. The minimum atomic E-state index is -1.34. The summed E-state index contributed by atoms with van der Waals surface area (Å²) in [5.41, 5.74) is 2.42. The molecule has 4 aromatic rings. The van der Waals surface area contributed by atoms with Crippen LogP contribution in [-0.4, -0.2) is 62.5 Å². The molecular formula is C34H35Cl2N3O7S. The van der Waals surface area contributed by atoms with Crippen molar-refractivity contribution >= 4 is 46.5 Å². The van der Waals surface area contributed by atoms with E-state index in [2.05, 4.69) is 10.2 Å². The number of aromatic nitrogens is 1. The third-order valence-electron chi connectivity index (χ3n) is 8.36. The highest BCUT2D eigenvalue weighted by molar-refractivity contribution is 7.14. The molecule has 1 unspecified atom stereocenters. The zero-order chi connectivity index (χ0) is 33.7. The molecule has 13 heteroatoms. The quantitative estimate of drug-likeness (QED) is 0.112. The lowest BCUT2D eigenvalue weighted by Crippen LogP contribution is -2.48. The van der Waals surface area contributed by atoms with E-state index in [1.165, 1.54) is 26.6 Å². The first-order valence-corrected chi connectivity index (χ1v) is 16.5. The summed E-state index contributed by atoms with van der Waals surface area (Å²) in [6.07, 6.45) is 3.77. The van der Waals surface area contributed by atoms with Crippen molar-refractivity contribution in [1.82, 2.24) is 10.2 Å². The summed E-state index contributed by atoms with van der Waals surface area (Å²) in [7, 11) is 5.04. The number of nitrogens with one attached hydrogen (secondary N) is 1. The number of esters is 1. The summed E-state index contributed by atoms with van der Waals surface area (Å²) in [5, 5.41) is 26.2. The molecule has 1 aliphatic heterocycles. The molecule has 47 heavy (non-hydrogen) atoms. The summed E-state index contributed by atoms with van der Waals surface area (Å²) >= 11 is 14.1. The summed E-state index contributed by atoms with van der Waals surface area (Å²) in [6, 6.07) is 15.8. The molecule has 1 saturated heterocycles. The molecule has 0 saturated carbocycles. The molecule has 1 aliphatic rings. The van der Waals surface area contributed by atoms with Crippen molar-refractivity contribution in [3.8, 4) is 11.5 Å². The standard InChI is InChI=1S/C34H35Cl2N3O7S/c1-38-12-11-22(38)19-46-34(42)31(20-7-5-4-6-8-20)37-16-23-14-25(32(47-23)33(40)41)24(15-26-27(35)17-39(43)18-28(26)36)21-9-10-29(44-2)30(13-21)45-3/h4-10,13-14,17-18,22,24,31,37H,11-12,15-16,19H2,1-3H3,(H-,40,41,43)/t22-,24-,31?/m0/s1. The Morgan fingerprint density at radius 1 is 1.06 bits per heavy atom. The van der Waals surface area contributed by atoms with Gasteiger partial charge in [0, 0.05) is 33.7 Å². The topological polar surface area (TPSA) is 124 Å². The van der Waals surface area contributed by atoms with Crippen LogP contribution in [0.15, 0.2) is 67.0 Å². The number of methoxy groups -OCH3 is 2. The summed E-state index contributed by atoms with van der Waals surface area (Å²) in [6.45, 7) is 1.45. The normalized spacial score (nSPS) is 15.8. The van der Waals surface area contributed by atoms with E-state index in [1.54, 1.807) is 18.2 Å². The fourth-order valence-corrected chi connectivity index (χ4v) is 7.22. The lowest BCUT2D eigenvalue weighted by Gasteiger charge is -2.37. The lowest BCUT2D eigenvalue weighted by atomic mass is 9.85. The predicted molar refractivity (Wildman–Crippen MR) is 176 cm³/mol. The van der Waals surface area contributed by atoms with Gasteiger partial charge in [-0.15, -0.1) is 11.3 Å². The minimum Gasteiger partial charge on any atom is -0.544 e. The average Bonchev–Trinajstić information content (AvgIpc) is 3.48. The number of thiophene rings is 1. The first-order chi connectivity index (χ1) is 22.6. The van der Waals surface area contributed by atoms with Crippen LogP contribution in [0.5, 0.6) is 11.5 Å². The van der Waals surface area contributed by atoms with Crippen molar-refractivity contribution < 1.29 is 38.8 Å². The minimum absolute atomic E-state index is 0.0221. The molecule has 2 aromatic heterocycles. The number of carbonyl (C=O) groups is 2. The Kier molecular flexibility index (Phi) is 11.3. The molecule has 3 atom stereocenters. The number of ether oxygens (including phenoxy) is 3. The van der Waals surface area contributed by atoms with Crippen molar-refractivity contribution in [1.29, 1.82) is 0 Å². The van der Waals surface area contributed by atoms with Gasteiger partial charge in [-0.25, -0.2) is 4.79 Å². The van der Waals surface area contributed by atoms with Crippen LogP contribution < -0.4 is 24.6 Å². The van der Waals surface area contributed by atoms with Gasteiger partial charge in [0.25, 0.3) is 0 Å². The Morgan fingerprint density at radius 3 is 2.36 bits per heavy atom. The fourth-order valence-electron chi connectivity index (χ4n) is 5.61. The molecule has 1 fully saturated rings. The number of hydrogen-bond acceptors (Lipinski definition) is 10. The largest absolute Gasteiger partial charge is 0.544 e. The summed E-state index contributed by atoms with van der Waals surface area (Å²) in [4.78, 5) is 28.7. The van der Waals surface area contributed by atoms with Gasteiger partial charge in [0.2, 0.25) is 12.4 Å². The molecule has 3 heterocycles. The number of aromatic carboxylic acids is 1. The molecule has 0 radical (unpaired) electrons. The molecule has 2 N–H and O–H groups in total. The van der Waals surface area contributed by atoms with Crippen molar-refractivity contribution in [3.63, 3.8) is 0 Å². The number of likely N-dealkylation sites (N-methyl/N-ethyl adjacent to an activating group) is 1. The van der Waals surface area contributed by atoms with Crippen molar-refractivity contribution in [2.24, 2.45) is 0 Å². The number of carboxylic acids is 1. The second kappa shape index (κ2) is 15.4. The Hall–Kier alpha value is -3.87. The van der Waals surface area contributed by atoms with Crippen molar-refractivity contribution in [2.45, 2.75) is 37.4 Å². The van der Waals surface area contributed by atoms with E-state index in [0.29, 0.717) is 39.7 Å². The summed E-state index contributed by atoms with van der Waals surface area (Å²) in [5.74, 6) is -1.37. The summed E-state index contributed by atoms with van der Waals surface area (Å²) < 4.78 is 17.4. The zero-order valence-corrected chi connectivity index (χ0v) is 28.4. The van der Waals surface area contributed by atoms with Crippen LogP contribution in [-0.2, 0) is 22.5 Å². The van der Waals surface area contributed by atoms with E-state index in [1.807, 2.05) is 43.4 Å². The lowest BCUT2D eigenvalue weighted by molar-refractivity contribution is -0.904. The monoisotopic (exact) mass is 699 g/mol. The Balaban J connectivity index is 1.49. The van der Waals surface area contributed by atoms with E-state index in [9.17, 15) is 19.9 Å². The average molecular weight is 701 g/mol. The highest BCUT2D eigenvalue weighted by Crippen LogP contribution is 2.41. The van der Waals surface area contributed by atoms with Crippen LogP contribution in [0.3, 0.4) is 0 Å². The fraction of sp³-hybridized carbons (Fsp3) is 0.324. The number of carbonyl (C=O) groups excluding carboxylic acids is 2. The first kappa shape index (κ1) is 34.5. The maximum Gasteiger partial charge on any atom is 0.327 e. The highest BCUT2D eigenvalue weighted by atomic mass is 35.5. The molecule has 0 aliphatic carbocycles. The van der Waals surface area contributed by atoms with Gasteiger partial charge in [0.15, 0.2) is 11.5 Å². The van der Waals surface area contributed by atoms with Gasteiger partial charge in [-0.3, -0.25) is 15.4 Å². The number of benzene rings is 2. The van der Waals surface area contributed by atoms with E-state index < -0.39 is 23.9 Å². The van der Waals surface area contributed by atoms with Gasteiger partial charge in [0.1, 0.15) is 22.7 Å². The molecule has 248 valence electrons. The van der Waals surface area contributed by atoms with Crippen LogP contribution in [0.1, 0.15) is 55.2 Å². The number of rotatable bonds is 14. The molecule has 2 aromatic carbocycles. The molecule has 5 rings (SSSR count). The second-order valence-corrected chi connectivity index (χ2v) is 13.2. The number of nitrogens with zero attached hydrogens (tertiary/aromatic N) is 2. The molecule has 0 amide bonds. The van der Waals surface area contributed by atoms with Crippen LogP contribution in [0.4, 0.5) is 0 Å². The van der Waals surface area contributed by atoms with Gasteiger partial charge < -0.3 is 24.1 Å². The van der Waals surface area contributed by atoms with Gasteiger partial charge in [-0.1, -0.05) is 59.6 Å². The molecular weight excluding hydrogens is 665 g/mol. The highest BCUT2D eigenvalue weighted by Gasteiger charge is 2.30. The SMILES string of the molecule is COc1ccc([C@H](Cc2c(Cl)c[n+](O)cc2Cl)c2cc(CNC(C(=O)OC[C@@H]3CCN3C)c3ccccc3)sc2C(=O)[O-])cc1OC. The van der Waals surface area contributed by atoms with Gasteiger partial charge in [-0.05, 0) is 61.3 Å². The van der Waals surface area contributed by atoms with Crippen molar-refractivity contribution in [2.75, 3.05) is 34.4 Å². The van der Waals surface area contributed by atoms with Crippen LogP contribution in [0.2, 0.25) is 10.0 Å². The second-order valence-electron chi connectivity index (χ2n) is 11.2. The third-order valence-corrected chi connectivity index (χ3v) is 10.1. The molecule has 10 nitrogen and oxygen atoms in total. The molecule has 0 spiro atoms. The van der Waals surface area contributed by atoms with E-state index in [0.717, 1.165) is 34.6 Å². The number of hydrogen-bond donors (Lipinski definition) is 2. The van der Waals surface area contributed by atoms with E-state index in [-0.39, 0.29) is 33.9 Å². The van der Waals surface area contributed by atoms with Crippen LogP contribution >= 0.6 is 34.5 Å². The van der Waals surface area contributed by atoms with Crippen LogP contribution in [0.25, 0.3) is 0 Å². The number of halogens is 2. The number of pyridine rings is 1. The van der Waals surface area contributed by atoms with Gasteiger partial charge in [-0.2, -0.15) is 0 Å². The maximum atomic E-state index is 13.3.